The SMILES string of the molecule is C[C@H]1c2cccc(C(O)(CF)CF)c2CCN1C(=O)Cc1c(Cl)cnc2c1cnn2C. The number of rotatable bonds is 5. The highest BCUT2D eigenvalue weighted by Crippen LogP contribution is 2.37. The van der Waals surface area contributed by atoms with E-state index in [1.165, 1.54) is 6.20 Å². The second-order valence-electron chi connectivity index (χ2n) is 7.95. The Kier molecular flexibility index (Phi) is 5.70. The highest BCUT2D eigenvalue weighted by atomic mass is 35.5. The van der Waals surface area contributed by atoms with Crippen molar-refractivity contribution in [1.82, 2.24) is 19.7 Å². The molecule has 4 rings (SSSR count). The Hall–Kier alpha value is -2.58. The van der Waals surface area contributed by atoms with Crippen LogP contribution < -0.4 is 0 Å². The maximum Gasteiger partial charge on any atom is 0.227 e. The summed E-state index contributed by atoms with van der Waals surface area (Å²) in [6.45, 7) is -0.174. The summed E-state index contributed by atoms with van der Waals surface area (Å²) in [5.74, 6) is -0.118. The third-order valence-corrected chi connectivity index (χ3v) is 6.47. The summed E-state index contributed by atoms with van der Waals surface area (Å²) >= 11 is 6.35. The largest absolute Gasteiger partial charge is 0.380 e. The van der Waals surface area contributed by atoms with Crippen LogP contribution in [0.2, 0.25) is 5.02 Å². The number of carbonyl (C=O) groups excluding carboxylic acids is 1. The number of aryl methyl sites for hydroxylation is 1. The zero-order valence-electron chi connectivity index (χ0n) is 17.3. The predicted molar refractivity (Wildman–Crippen MR) is 113 cm³/mol. The molecule has 164 valence electrons. The van der Waals surface area contributed by atoms with E-state index in [9.17, 15) is 18.7 Å². The molecule has 0 unspecified atom stereocenters. The van der Waals surface area contributed by atoms with Crippen molar-refractivity contribution in [3.63, 3.8) is 0 Å². The Labute approximate surface area is 183 Å². The molecule has 0 saturated heterocycles. The summed E-state index contributed by atoms with van der Waals surface area (Å²) in [7, 11) is 1.77. The van der Waals surface area contributed by atoms with Crippen molar-refractivity contribution in [3.05, 3.63) is 57.9 Å². The van der Waals surface area contributed by atoms with Crippen LogP contribution in [0.15, 0.2) is 30.6 Å². The smallest absolute Gasteiger partial charge is 0.227 e. The first-order valence-electron chi connectivity index (χ1n) is 10.0. The van der Waals surface area contributed by atoms with E-state index >= 15 is 0 Å². The summed E-state index contributed by atoms with van der Waals surface area (Å²) in [5.41, 5.74) is 0.890. The van der Waals surface area contributed by atoms with Gasteiger partial charge in [-0.2, -0.15) is 5.10 Å². The van der Waals surface area contributed by atoms with Gasteiger partial charge in [0.2, 0.25) is 5.91 Å². The van der Waals surface area contributed by atoms with E-state index in [0.29, 0.717) is 34.8 Å². The Balaban J connectivity index is 1.64. The predicted octanol–water partition coefficient (Wildman–Crippen LogP) is 3.44. The van der Waals surface area contributed by atoms with Gasteiger partial charge in [-0.25, -0.2) is 13.8 Å². The lowest BCUT2D eigenvalue weighted by molar-refractivity contribution is -0.133. The molecular formula is C22H23ClF2N4O2. The third kappa shape index (κ3) is 3.57. The van der Waals surface area contributed by atoms with E-state index in [4.69, 9.17) is 11.6 Å². The summed E-state index contributed by atoms with van der Waals surface area (Å²) < 4.78 is 28.5. The molecule has 31 heavy (non-hydrogen) atoms. The number of hydrogen-bond donors (Lipinski definition) is 1. The van der Waals surface area contributed by atoms with Crippen molar-refractivity contribution in [2.75, 3.05) is 19.9 Å². The summed E-state index contributed by atoms with van der Waals surface area (Å²) in [5, 5.41) is 15.7. The van der Waals surface area contributed by atoms with Gasteiger partial charge in [-0.15, -0.1) is 0 Å². The normalized spacial score (nSPS) is 16.6. The zero-order valence-corrected chi connectivity index (χ0v) is 18.0. The highest BCUT2D eigenvalue weighted by molar-refractivity contribution is 6.32. The van der Waals surface area contributed by atoms with Crippen molar-refractivity contribution in [3.8, 4) is 0 Å². The number of benzene rings is 1. The van der Waals surface area contributed by atoms with Gasteiger partial charge in [0.25, 0.3) is 0 Å². The van der Waals surface area contributed by atoms with Gasteiger partial charge in [-0.1, -0.05) is 29.8 Å². The third-order valence-electron chi connectivity index (χ3n) is 6.15. The first kappa shape index (κ1) is 21.6. The minimum atomic E-state index is -2.16. The molecule has 9 heteroatoms. The lowest BCUT2D eigenvalue weighted by Crippen LogP contribution is -2.41. The van der Waals surface area contributed by atoms with E-state index in [2.05, 4.69) is 10.1 Å². The number of hydrogen-bond acceptors (Lipinski definition) is 4. The molecule has 3 heterocycles. The van der Waals surface area contributed by atoms with Crippen molar-refractivity contribution in [2.24, 2.45) is 7.05 Å². The first-order valence-corrected chi connectivity index (χ1v) is 10.4. The quantitative estimate of drug-likeness (QED) is 0.649. The van der Waals surface area contributed by atoms with E-state index < -0.39 is 19.0 Å². The summed E-state index contributed by atoms with van der Waals surface area (Å²) in [6.07, 6.45) is 3.65. The van der Waals surface area contributed by atoms with Crippen LogP contribution in [0.25, 0.3) is 11.0 Å². The minimum absolute atomic E-state index is 0.0851. The number of halogens is 3. The summed E-state index contributed by atoms with van der Waals surface area (Å²) in [4.78, 5) is 19.2. The van der Waals surface area contributed by atoms with Gasteiger partial charge in [0.05, 0.1) is 23.7 Å². The molecule has 0 bridgehead atoms. The molecule has 0 spiro atoms. The second kappa shape index (κ2) is 8.16. The van der Waals surface area contributed by atoms with Crippen LogP contribution in [0.3, 0.4) is 0 Å². The van der Waals surface area contributed by atoms with Gasteiger partial charge in [0, 0.05) is 25.2 Å². The molecule has 2 aromatic heterocycles. The second-order valence-corrected chi connectivity index (χ2v) is 8.36. The van der Waals surface area contributed by atoms with Crippen LogP contribution >= 0.6 is 11.6 Å². The van der Waals surface area contributed by atoms with Gasteiger partial charge < -0.3 is 10.0 Å². The Bertz CT molecular complexity index is 1150. The molecular weight excluding hydrogens is 426 g/mol. The minimum Gasteiger partial charge on any atom is -0.380 e. The van der Waals surface area contributed by atoms with E-state index in [-0.39, 0.29) is 23.9 Å². The van der Waals surface area contributed by atoms with Gasteiger partial charge in [0.1, 0.15) is 19.0 Å². The van der Waals surface area contributed by atoms with Gasteiger partial charge in [-0.3, -0.25) is 9.48 Å². The Morgan fingerprint density at radius 3 is 2.77 bits per heavy atom. The number of alkyl halides is 2. The van der Waals surface area contributed by atoms with Crippen molar-refractivity contribution < 1.29 is 18.7 Å². The average molecular weight is 449 g/mol. The van der Waals surface area contributed by atoms with Crippen LogP contribution in [0, 0.1) is 0 Å². The lowest BCUT2D eigenvalue weighted by Gasteiger charge is -2.38. The maximum absolute atomic E-state index is 13.4. The van der Waals surface area contributed by atoms with Gasteiger partial charge in [-0.05, 0) is 35.6 Å². The number of aromatic nitrogens is 3. The van der Waals surface area contributed by atoms with E-state index in [1.54, 1.807) is 35.0 Å². The fourth-order valence-electron chi connectivity index (χ4n) is 4.38. The fourth-order valence-corrected chi connectivity index (χ4v) is 4.60. The first-order chi connectivity index (χ1) is 14.8. The lowest BCUT2D eigenvalue weighted by atomic mass is 9.83. The van der Waals surface area contributed by atoms with Crippen LogP contribution in [-0.2, 0) is 30.3 Å². The topological polar surface area (TPSA) is 71.2 Å². The van der Waals surface area contributed by atoms with E-state index in [0.717, 1.165) is 10.9 Å². The van der Waals surface area contributed by atoms with Crippen LogP contribution in [-0.4, -0.2) is 50.6 Å². The maximum atomic E-state index is 13.4. The van der Waals surface area contributed by atoms with Crippen LogP contribution in [0.4, 0.5) is 8.78 Å². The molecule has 1 aliphatic heterocycles. The van der Waals surface area contributed by atoms with Gasteiger partial charge in [0.15, 0.2) is 5.65 Å². The molecule has 1 aliphatic rings. The highest BCUT2D eigenvalue weighted by Gasteiger charge is 2.36. The molecule has 0 fully saturated rings. The molecule has 1 atom stereocenters. The Morgan fingerprint density at radius 1 is 1.32 bits per heavy atom. The molecule has 0 saturated carbocycles. The van der Waals surface area contributed by atoms with Crippen molar-refractivity contribution in [2.45, 2.75) is 31.4 Å². The number of pyridine rings is 1. The van der Waals surface area contributed by atoms with Crippen LogP contribution in [0.5, 0.6) is 0 Å². The molecule has 1 aromatic carbocycles. The molecule has 1 N–H and O–H groups in total. The fraction of sp³-hybridized carbons (Fsp3) is 0.409. The Morgan fingerprint density at radius 2 is 2.06 bits per heavy atom. The monoisotopic (exact) mass is 448 g/mol. The number of aliphatic hydroxyl groups is 1. The molecule has 1 amide bonds. The van der Waals surface area contributed by atoms with E-state index in [1.807, 2.05) is 13.0 Å². The summed E-state index contributed by atoms with van der Waals surface area (Å²) in [6, 6.07) is 4.73. The number of carbonyl (C=O) groups is 1. The number of amides is 1. The van der Waals surface area contributed by atoms with Crippen molar-refractivity contribution >= 4 is 28.5 Å². The molecule has 0 aliphatic carbocycles. The molecule has 3 aromatic rings. The average Bonchev–Trinajstić information content (AvgIpc) is 3.16. The molecule has 6 nitrogen and oxygen atoms in total. The molecule has 0 radical (unpaired) electrons. The standard InChI is InChI=1S/C22H23ClF2N4O2/c1-13-14-4-3-5-18(22(31,11-24)12-25)15(14)6-7-29(13)20(30)8-16-17-9-27-28(2)21(17)26-10-19(16)23/h3-5,9-10,13,31H,6-8,11-12H2,1-2H3/t13-/m0/s1. The number of nitrogens with zero attached hydrogens (tertiary/aromatic N) is 4. The number of fused-ring (bicyclic) bond motifs is 2. The van der Waals surface area contributed by atoms with Crippen LogP contribution in [0.1, 0.15) is 35.2 Å². The zero-order chi connectivity index (χ0) is 22.3. The van der Waals surface area contributed by atoms with Crippen molar-refractivity contribution in [1.29, 1.82) is 0 Å². The van der Waals surface area contributed by atoms with Gasteiger partial charge >= 0.3 is 0 Å².